The molecule has 0 atom stereocenters. The number of benzene rings is 1. The molecule has 2 N–H and O–H groups in total. The Labute approximate surface area is 110 Å². The zero-order chi connectivity index (χ0) is 14.0. The average molecular weight is 287 g/mol. The third kappa shape index (κ3) is 3.25. The fraction of sp³-hybridized carbons (Fsp3) is 0.0833. The van der Waals surface area contributed by atoms with E-state index < -0.39 is 17.7 Å². The molecule has 3 nitrogen and oxygen atoms in total. The smallest absolute Gasteiger partial charge is 0.416 e. The minimum Gasteiger partial charge on any atom is -0.478 e. The van der Waals surface area contributed by atoms with Crippen LogP contribution in [0.4, 0.5) is 23.9 Å². The van der Waals surface area contributed by atoms with Crippen LogP contribution >= 0.6 is 11.3 Å². The van der Waals surface area contributed by atoms with Crippen molar-refractivity contribution in [2.45, 2.75) is 6.18 Å². The van der Waals surface area contributed by atoms with Crippen LogP contribution in [0, 0.1) is 0 Å². The summed E-state index contributed by atoms with van der Waals surface area (Å²) < 4.78 is 37.5. The third-order valence-corrected chi connectivity index (χ3v) is 3.15. The number of rotatable bonds is 3. The maximum atomic E-state index is 12.5. The summed E-state index contributed by atoms with van der Waals surface area (Å²) >= 11 is 1.11. The van der Waals surface area contributed by atoms with Crippen LogP contribution in [0.3, 0.4) is 0 Å². The van der Waals surface area contributed by atoms with E-state index >= 15 is 0 Å². The van der Waals surface area contributed by atoms with Crippen LogP contribution in [0.25, 0.3) is 0 Å². The second-order valence-electron chi connectivity index (χ2n) is 3.71. The van der Waals surface area contributed by atoms with Crippen LogP contribution in [0.1, 0.15) is 15.9 Å². The van der Waals surface area contributed by atoms with Crippen molar-refractivity contribution in [2.75, 3.05) is 5.32 Å². The molecule has 0 aliphatic heterocycles. The van der Waals surface area contributed by atoms with E-state index in [-0.39, 0.29) is 11.3 Å². The summed E-state index contributed by atoms with van der Waals surface area (Å²) in [5, 5.41) is 13.4. The van der Waals surface area contributed by atoms with Crippen molar-refractivity contribution in [1.82, 2.24) is 0 Å². The molecule has 1 aromatic carbocycles. The largest absolute Gasteiger partial charge is 0.478 e. The van der Waals surface area contributed by atoms with Crippen molar-refractivity contribution in [1.29, 1.82) is 0 Å². The van der Waals surface area contributed by atoms with Gasteiger partial charge in [0.05, 0.1) is 16.1 Å². The first kappa shape index (κ1) is 13.4. The van der Waals surface area contributed by atoms with Crippen LogP contribution in [-0.4, -0.2) is 11.1 Å². The highest BCUT2D eigenvalue weighted by Crippen LogP contribution is 2.32. The molecule has 1 aromatic heterocycles. The second-order valence-corrected chi connectivity index (χ2v) is 4.62. The lowest BCUT2D eigenvalue weighted by molar-refractivity contribution is -0.137. The monoisotopic (exact) mass is 287 g/mol. The Hall–Kier alpha value is -2.02. The fourth-order valence-corrected chi connectivity index (χ4v) is 2.22. The first-order valence-electron chi connectivity index (χ1n) is 5.12. The maximum Gasteiger partial charge on any atom is 0.416 e. The molecule has 0 aliphatic carbocycles. The number of halogens is 3. The fourth-order valence-electron chi connectivity index (χ4n) is 1.43. The van der Waals surface area contributed by atoms with Crippen molar-refractivity contribution >= 4 is 28.0 Å². The van der Waals surface area contributed by atoms with E-state index in [1.165, 1.54) is 23.6 Å². The van der Waals surface area contributed by atoms with Gasteiger partial charge in [0, 0.05) is 11.1 Å². The molecule has 2 rings (SSSR count). The standard InChI is InChI=1S/C12H8F3NO2S/c13-12(14,15)8-2-1-3-9(5-8)16-10-4-7(6-19-10)11(17)18/h1-6,16H,(H,17,18). The Kier molecular flexibility index (Phi) is 3.48. The SMILES string of the molecule is O=C(O)c1csc(Nc2cccc(C(F)(F)F)c2)c1. The first-order chi connectivity index (χ1) is 8.86. The molecule has 0 saturated carbocycles. The van der Waals surface area contributed by atoms with E-state index in [1.54, 1.807) is 0 Å². The lowest BCUT2D eigenvalue weighted by Gasteiger charge is -2.09. The van der Waals surface area contributed by atoms with Gasteiger partial charge in [0.2, 0.25) is 0 Å². The van der Waals surface area contributed by atoms with Crippen molar-refractivity contribution in [2.24, 2.45) is 0 Å². The topological polar surface area (TPSA) is 49.3 Å². The lowest BCUT2D eigenvalue weighted by Crippen LogP contribution is -2.04. The Bertz CT molecular complexity index is 607. The van der Waals surface area contributed by atoms with E-state index in [2.05, 4.69) is 5.32 Å². The van der Waals surface area contributed by atoms with Crippen LogP contribution in [0.15, 0.2) is 35.7 Å². The van der Waals surface area contributed by atoms with Crippen LogP contribution in [0.2, 0.25) is 0 Å². The minimum atomic E-state index is -4.40. The van der Waals surface area contributed by atoms with Gasteiger partial charge in [0.1, 0.15) is 0 Å². The van der Waals surface area contributed by atoms with Crippen molar-refractivity contribution in [3.63, 3.8) is 0 Å². The molecular formula is C12H8F3NO2S. The molecular weight excluding hydrogens is 279 g/mol. The summed E-state index contributed by atoms with van der Waals surface area (Å²) in [4.78, 5) is 10.7. The van der Waals surface area contributed by atoms with Gasteiger partial charge in [0.25, 0.3) is 0 Å². The van der Waals surface area contributed by atoms with Gasteiger partial charge in [-0.1, -0.05) is 6.07 Å². The third-order valence-electron chi connectivity index (χ3n) is 2.30. The lowest BCUT2D eigenvalue weighted by atomic mass is 10.2. The van der Waals surface area contributed by atoms with Crippen LogP contribution in [-0.2, 0) is 6.18 Å². The second kappa shape index (κ2) is 4.93. The van der Waals surface area contributed by atoms with Gasteiger partial charge in [0.15, 0.2) is 0 Å². The predicted octanol–water partition coefficient (Wildman–Crippen LogP) is 4.21. The number of alkyl halides is 3. The predicted molar refractivity (Wildman–Crippen MR) is 66.0 cm³/mol. The zero-order valence-corrected chi connectivity index (χ0v) is 10.2. The van der Waals surface area contributed by atoms with Crippen LogP contribution < -0.4 is 5.32 Å². The summed E-state index contributed by atoms with van der Waals surface area (Å²) in [7, 11) is 0. The number of aromatic carboxylic acids is 1. The summed E-state index contributed by atoms with van der Waals surface area (Å²) in [6.45, 7) is 0. The minimum absolute atomic E-state index is 0.0967. The number of carboxylic acids is 1. The Morgan fingerprint density at radius 2 is 2.00 bits per heavy atom. The Balaban J connectivity index is 2.21. The molecule has 0 bridgehead atoms. The van der Waals surface area contributed by atoms with Gasteiger partial charge in [-0.2, -0.15) is 13.2 Å². The summed E-state index contributed by atoms with van der Waals surface area (Å²) in [5.74, 6) is -1.08. The highest BCUT2D eigenvalue weighted by Gasteiger charge is 2.30. The number of anilines is 2. The Morgan fingerprint density at radius 1 is 1.26 bits per heavy atom. The molecule has 19 heavy (non-hydrogen) atoms. The maximum absolute atomic E-state index is 12.5. The number of hydrogen-bond donors (Lipinski definition) is 2. The van der Waals surface area contributed by atoms with Gasteiger partial charge in [-0.3, -0.25) is 0 Å². The van der Waals surface area contributed by atoms with Gasteiger partial charge in [-0.05, 0) is 24.3 Å². The molecule has 0 spiro atoms. The molecule has 1 heterocycles. The molecule has 0 radical (unpaired) electrons. The van der Waals surface area contributed by atoms with Gasteiger partial charge in [-0.25, -0.2) is 4.79 Å². The molecule has 7 heteroatoms. The average Bonchev–Trinajstić information content (AvgIpc) is 2.77. The highest BCUT2D eigenvalue weighted by atomic mass is 32.1. The molecule has 0 saturated heterocycles. The van der Waals surface area contributed by atoms with Gasteiger partial charge >= 0.3 is 12.1 Å². The number of carboxylic acid groups (broad SMARTS) is 1. The molecule has 2 aromatic rings. The van der Waals surface area contributed by atoms with Crippen molar-refractivity contribution in [3.05, 3.63) is 46.8 Å². The van der Waals surface area contributed by atoms with Gasteiger partial charge < -0.3 is 10.4 Å². The highest BCUT2D eigenvalue weighted by molar-refractivity contribution is 7.14. The number of carbonyl (C=O) groups is 1. The zero-order valence-electron chi connectivity index (χ0n) is 9.36. The van der Waals surface area contributed by atoms with Crippen molar-refractivity contribution in [3.8, 4) is 0 Å². The molecule has 0 aliphatic rings. The summed E-state index contributed by atoms with van der Waals surface area (Å²) in [6.07, 6.45) is -4.40. The van der Waals surface area contributed by atoms with E-state index in [0.29, 0.717) is 5.00 Å². The number of thiophene rings is 1. The number of hydrogen-bond acceptors (Lipinski definition) is 3. The number of nitrogens with one attached hydrogen (secondary N) is 1. The van der Waals surface area contributed by atoms with Crippen molar-refractivity contribution < 1.29 is 23.1 Å². The molecule has 0 unspecified atom stereocenters. The molecule has 0 amide bonds. The van der Waals surface area contributed by atoms with E-state index in [0.717, 1.165) is 23.5 Å². The normalized spacial score (nSPS) is 11.3. The van der Waals surface area contributed by atoms with Gasteiger partial charge in [-0.15, -0.1) is 11.3 Å². The quantitative estimate of drug-likeness (QED) is 0.889. The first-order valence-corrected chi connectivity index (χ1v) is 6.00. The van der Waals surface area contributed by atoms with E-state index in [1.807, 2.05) is 0 Å². The molecule has 0 fully saturated rings. The Morgan fingerprint density at radius 3 is 2.58 bits per heavy atom. The van der Waals surface area contributed by atoms with E-state index in [9.17, 15) is 18.0 Å². The van der Waals surface area contributed by atoms with E-state index in [4.69, 9.17) is 5.11 Å². The van der Waals surface area contributed by atoms with Crippen LogP contribution in [0.5, 0.6) is 0 Å². The summed E-state index contributed by atoms with van der Waals surface area (Å²) in [5.41, 5.74) is -0.402. The molecule has 100 valence electrons. The summed E-state index contributed by atoms with van der Waals surface area (Å²) in [6, 6.07) is 6.09.